The Morgan fingerprint density at radius 3 is 2.88 bits per heavy atom. The first-order chi connectivity index (χ1) is 12.0. The van der Waals surface area contributed by atoms with E-state index in [2.05, 4.69) is 24.3 Å². The van der Waals surface area contributed by atoms with Crippen LogP contribution >= 0.6 is 23.2 Å². The van der Waals surface area contributed by atoms with Gasteiger partial charge in [0.25, 0.3) is 0 Å². The van der Waals surface area contributed by atoms with Crippen LogP contribution in [0.5, 0.6) is 0 Å². The van der Waals surface area contributed by atoms with Crippen molar-refractivity contribution in [1.29, 1.82) is 0 Å². The van der Waals surface area contributed by atoms with Crippen LogP contribution in [-0.4, -0.2) is 21.9 Å². The van der Waals surface area contributed by atoms with Gasteiger partial charge in [0.15, 0.2) is 11.4 Å². The topological polar surface area (TPSA) is 37.3 Å². The zero-order valence-electron chi connectivity index (χ0n) is 14.5. The van der Waals surface area contributed by atoms with E-state index >= 15 is 0 Å². The first kappa shape index (κ1) is 17.7. The van der Waals surface area contributed by atoms with Gasteiger partial charge in [-0.05, 0) is 85.4 Å². The maximum atomic E-state index is 11.8. The lowest BCUT2D eigenvalue weighted by Crippen LogP contribution is -2.57. The summed E-state index contributed by atoms with van der Waals surface area (Å²) < 4.78 is 0. The number of carbonyl (C=O) groups excluding carboxylic acids is 1. The van der Waals surface area contributed by atoms with Crippen LogP contribution in [0.1, 0.15) is 45.4 Å². The lowest BCUT2D eigenvalue weighted by atomic mass is 9.49. The second kappa shape index (κ2) is 6.15. The molecule has 0 heterocycles. The van der Waals surface area contributed by atoms with Gasteiger partial charge in [0.1, 0.15) is 0 Å². The van der Waals surface area contributed by atoms with Gasteiger partial charge in [0.05, 0.1) is 0 Å². The quantitative estimate of drug-likeness (QED) is 0.415. The van der Waals surface area contributed by atoms with Crippen LogP contribution in [0.2, 0.25) is 0 Å². The van der Waals surface area contributed by atoms with Crippen molar-refractivity contribution in [2.45, 2.75) is 56.4 Å². The number of halogens is 2. The van der Waals surface area contributed by atoms with E-state index in [1.54, 1.807) is 0 Å². The maximum Gasteiger partial charge on any atom is 0.155 e. The molecule has 25 heavy (non-hydrogen) atoms. The van der Waals surface area contributed by atoms with Crippen LogP contribution in [-0.2, 0) is 4.79 Å². The standard InChI is InChI=1S/C21H24Cl2O2/c1-2-20-12-18(23)19-15-6-4-14(24)11-13(15)3-5-16(19)17(20)7-8-21(20,25)9-10-22/h7-8,11,15-19,25H,2-6,12H2,1H3/t15-,16-,17-,18-,19+,20-,21+/m0/s1. The highest BCUT2D eigenvalue weighted by molar-refractivity contribution is 6.30. The average Bonchev–Trinajstić information content (AvgIpc) is 2.87. The molecule has 1 N–H and O–H groups in total. The SMILES string of the molecule is CC[C@]12C[C@H](Cl)[C@H]3[C@@H](CCC4=CC(=O)CC[C@@H]43)[C@@H]1C=C[C@@]2(O)C#CCl. The molecule has 0 radical (unpaired) electrons. The summed E-state index contributed by atoms with van der Waals surface area (Å²) in [4.78, 5) is 11.8. The molecule has 134 valence electrons. The Hall–Kier alpha value is -0.750. The fourth-order valence-electron chi connectivity index (χ4n) is 6.39. The van der Waals surface area contributed by atoms with Crippen molar-refractivity contribution in [3.63, 3.8) is 0 Å². The predicted molar refractivity (Wildman–Crippen MR) is 100 cm³/mol. The fourth-order valence-corrected chi connectivity index (χ4v) is 7.17. The minimum Gasteiger partial charge on any atom is -0.373 e. The first-order valence-corrected chi connectivity index (χ1v) is 10.2. The molecule has 2 saturated carbocycles. The van der Waals surface area contributed by atoms with E-state index in [0.717, 1.165) is 32.1 Å². The second-order valence-corrected chi connectivity index (χ2v) is 8.96. The van der Waals surface area contributed by atoms with Gasteiger partial charge in [-0.25, -0.2) is 0 Å². The van der Waals surface area contributed by atoms with Crippen molar-refractivity contribution >= 4 is 29.0 Å². The molecule has 0 aromatic rings. The van der Waals surface area contributed by atoms with Gasteiger partial charge in [-0.2, -0.15) is 0 Å². The third-order valence-corrected chi connectivity index (χ3v) is 8.04. The Balaban J connectivity index is 1.74. The molecule has 0 aliphatic heterocycles. The van der Waals surface area contributed by atoms with E-state index in [1.807, 2.05) is 12.2 Å². The molecule has 4 rings (SSSR count). The molecule has 2 fully saturated rings. The summed E-state index contributed by atoms with van der Waals surface area (Å²) in [5, 5.41) is 13.7. The summed E-state index contributed by atoms with van der Waals surface area (Å²) in [6.07, 6.45) is 11.1. The Morgan fingerprint density at radius 2 is 2.16 bits per heavy atom. The number of carbonyl (C=O) groups is 1. The summed E-state index contributed by atoms with van der Waals surface area (Å²) in [5.74, 6) is 4.65. The fraction of sp³-hybridized carbons (Fsp3) is 0.667. The molecule has 0 saturated heterocycles. The number of aliphatic hydroxyl groups is 1. The zero-order valence-corrected chi connectivity index (χ0v) is 16.0. The summed E-state index contributed by atoms with van der Waals surface area (Å²) in [5.41, 5.74) is -0.232. The first-order valence-electron chi connectivity index (χ1n) is 9.37. The number of ketones is 1. The lowest BCUT2D eigenvalue weighted by molar-refractivity contribution is -0.116. The molecular formula is C21H24Cl2O2. The van der Waals surface area contributed by atoms with E-state index in [-0.39, 0.29) is 22.5 Å². The molecular weight excluding hydrogens is 355 g/mol. The maximum absolute atomic E-state index is 11.8. The number of allylic oxidation sites excluding steroid dienone is 3. The van der Waals surface area contributed by atoms with Crippen LogP contribution in [0.15, 0.2) is 23.8 Å². The van der Waals surface area contributed by atoms with Crippen LogP contribution in [0.3, 0.4) is 0 Å². The Morgan fingerprint density at radius 1 is 1.36 bits per heavy atom. The third kappa shape index (κ3) is 2.39. The number of hydrogen-bond acceptors (Lipinski definition) is 2. The number of hydrogen-bond donors (Lipinski definition) is 1. The van der Waals surface area contributed by atoms with Crippen LogP contribution in [0.4, 0.5) is 0 Å². The van der Waals surface area contributed by atoms with E-state index < -0.39 is 5.60 Å². The molecule has 4 aliphatic rings. The highest BCUT2D eigenvalue weighted by Gasteiger charge is 2.63. The highest BCUT2D eigenvalue weighted by Crippen LogP contribution is 2.64. The van der Waals surface area contributed by atoms with Gasteiger partial charge in [0.2, 0.25) is 0 Å². The van der Waals surface area contributed by atoms with Gasteiger partial charge < -0.3 is 5.11 Å². The Labute approximate surface area is 159 Å². The van der Waals surface area contributed by atoms with Crippen LogP contribution in [0.25, 0.3) is 0 Å². The molecule has 0 bridgehead atoms. The average molecular weight is 379 g/mol. The molecule has 0 aromatic heterocycles. The molecule has 4 heteroatoms. The van der Waals surface area contributed by atoms with E-state index in [0.29, 0.717) is 24.2 Å². The van der Waals surface area contributed by atoms with Crippen LogP contribution in [0, 0.1) is 40.4 Å². The summed E-state index contributed by atoms with van der Waals surface area (Å²) in [7, 11) is 0. The zero-order chi connectivity index (χ0) is 17.8. The number of fused-ring (bicyclic) bond motifs is 5. The van der Waals surface area contributed by atoms with Crippen LogP contribution < -0.4 is 0 Å². The van der Waals surface area contributed by atoms with E-state index in [1.165, 1.54) is 5.57 Å². The monoisotopic (exact) mass is 378 g/mol. The summed E-state index contributed by atoms with van der Waals surface area (Å²) in [6, 6.07) is 0. The smallest absolute Gasteiger partial charge is 0.155 e. The molecule has 4 aliphatic carbocycles. The van der Waals surface area contributed by atoms with Crippen molar-refractivity contribution in [3.8, 4) is 11.3 Å². The Kier molecular flexibility index (Phi) is 4.35. The molecule has 0 unspecified atom stereocenters. The predicted octanol–water partition coefficient (Wildman–Crippen LogP) is 4.44. The molecule has 2 nitrogen and oxygen atoms in total. The van der Waals surface area contributed by atoms with Crippen molar-refractivity contribution < 1.29 is 9.90 Å². The normalized spacial score (nSPS) is 47.9. The highest BCUT2D eigenvalue weighted by atomic mass is 35.5. The van der Waals surface area contributed by atoms with Crippen molar-refractivity contribution in [2.75, 3.05) is 0 Å². The van der Waals surface area contributed by atoms with Gasteiger partial charge in [-0.3, -0.25) is 4.79 Å². The summed E-state index contributed by atoms with van der Waals surface area (Å²) >= 11 is 12.6. The van der Waals surface area contributed by atoms with Crippen molar-refractivity contribution in [2.24, 2.45) is 29.1 Å². The number of rotatable bonds is 1. The van der Waals surface area contributed by atoms with Gasteiger partial charge in [-0.1, -0.05) is 18.6 Å². The molecule has 7 atom stereocenters. The van der Waals surface area contributed by atoms with Gasteiger partial charge in [0, 0.05) is 22.6 Å². The third-order valence-electron chi connectivity index (χ3n) is 7.50. The lowest BCUT2D eigenvalue weighted by Gasteiger charge is -2.57. The Bertz CT molecular complexity index is 715. The molecule has 0 spiro atoms. The largest absolute Gasteiger partial charge is 0.373 e. The number of alkyl halides is 1. The van der Waals surface area contributed by atoms with E-state index in [4.69, 9.17) is 23.2 Å². The van der Waals surface area contributed by atoms with E-state index in [9.17, 15) is 9.90 Å². The molecule has 0 amide bonds. The van der Waals surface area contributed by atoms with Crippen molar-refractivity contribution in [1.82, 2.24) is 0 Å². The van der Waals surface area contributed by atoms with Gasteiger partial charge >= 0.3 is 0 Å². The summed E-state index contributed by atoms with van der Waals surface area (Å²) in [6.45, 7) is 2.12. The molecule has 0 aromatic carbocycles. The van der Waals surface area contributed by atoms with Crippen molar-refractivity contribution in [3.05, 3.63) is 23.8 Å². The minimum absolute atomic E-state index is 0.00773. The second-order valence-electron chi connectivity index (χ2n) is 8.21. The minimum atomic E-state index is -1.19. The van der Waals surface area contributed by atoms with Gasteiger partial charge in [-0.15, -0.1) is 11.6 Å².